The van der Waals surface area contributed by atoms with Crippen molar-refractivity contribution in [2.24, 2.45) is 5.73 Å². The Kier molecular flexibility index (Phi) is 3.46. The molecule has 1 aromatic carbocycles. The van der Waals surface area contributed by atoms with Crippen molar-refractivity contribution >= 4 is 11.6 Å². The van der Waals surface area contributed by atoms with Crippen LogP contribution in [0.2, 0.25) is 5.02 Å². The van der Waals surface area contributed by atoms with E-state index in [9.17, 15) is 0 Å². The number of benzene rings is 1. The molecule has 3 nitrogen and oxygen atoms in total. The summed E-state index contributed by atoms with van der Waals surface area (Å²) in [4.78, 5) is 2.44. The maximum atomic E-state index is 6.18. The van der Waals surface area contributed by atoms with E-state index in [4.69, 9.17) is 22.1 Å². The third kappa shape index (κ3) is 2.48. The van der Waals surface area contributed by atoms with Crippen LogP contribution < -0.4 is 10.5 Å². The lowest BCUT2D eigenvalue weighted by atomic mass is 10.0. The Morgan fingerprint density at radius 2 is 2.11 bits per heavy atom. The summed E-state index contributed by atoms with van der Waals surface area (Å²) in [5, 5.41) is 0.822. The third-order valence-corrected chi connectivity index (χ3v) is 4.07. The van der Waals surface area contributed by atoms with Crippen molar-refractivity contribution in [3.63, 3.8) is 0 Å². The summed E-state index contributed by atoms with van der Waals surface area (Å²) in [5.41, 5.74) is 8.42. The van der Waals surface area contributed by atoms with Gasteiger partial charge in [-0.2, -0.15) is 0 Å². The van der Waals surface area contributed by atoms with Crippen LogP contribution in [0.25, 0.3) is 0 Å². The molecule has 0 aromatic heterocycles. The maximum absolute atomic E-state index is 6.18. The number of piperidine rings is 1. The van der Waals surface area contributed by atoms with Crippen LogP contribution >= 0.6 is 11.6 Å². The summed E-state index contributed by atoms with van der Waals surface area (Å²) < 4.78 is 5.74. The van der Waals surface area contributed by atoms with Crippen molar-refractivity contribution in [1.82, 2.24) is 4.90 Å². The van der Waals surface area contributed by atoms with Crippen molar-refractivity contribution in [2.45, 2.75) is 31.8 Å². The molecule has 0 bridgehead atoms. The van der Waals surface area contributed by atoms with Crippen molar-refractivity contribution in [3.05, 3.63) is 28.3 Å². The molecule has 0 radical (unpaired) electrons. The monoisotopic (exact) mass is 266 g/mol. The Labute approximate surface area is 113 Å². The first kappa shape index (κ1) is 12.3. The van der Waals surface area contributed by atoms with Gasteiger partial charge in [0.05, 0.1) is 6.61 Å². The summed E-state index contributed by atoms with van der Waals surface area (Å²) >= 11 is 6.18. The SMILES string of the molecule is NC1CCN(Cc2cc(Cl)cc3c2OCC3)CC1. The van der Waals surface area contributed by atoms with Gasteiger partial charge in [-0.15, -0.1) is 0 Å². The number of rotatable bonds is 2. The minimum absolute atomic E-state index is 0.377. The first-order valence-electron chi connectivity index (χ1n) is 6.64. The number of nitrogens with two attached hydrogens (primary N) is 1. The molecule has 3 rings (SSSR count). The van der Waals surface area contributed by atoms with E-state index in [-0.39, 0.29) is 0 Å². The van der Waals surface area contributed by atoms with Gasteiger partial charge in [-0.05, 0) is 43.6 Å². The maximum Gasteiger partial charge on any atom is 0.127 e. The smallest absolute Gasteiger partial charge is 0.127 e. The van der Waals surface area contributed by atoms with Gasteiger partial charge in [0.2, 0.25) is 0 Å². The van der Waals surface area contributed by atoms with E-state index >= 15 is 0 Å². The number of likely N-dealkylation sites (tertiary alicyclic amines) is 1. The van der Waals surface area contributed by atoms with Crippen LogP contribution in [0.3, 0.4) is 0 Å². The number of hydrogen-bond donors (Lipinski definition) is 1. The lowest BCUT2D eigenvalue weighted by Gasteiger charge is -2.30. The van der Waals surface area contributed by atoms with Crippen molar-refractivity contribution in [3.8, 4) is 5.75 Å². The largest absolute Gasteiger partial charge is 0.493 e. The standard InChI is InChI=1S/C14H19ClN2O/c15-12-7-10-3-6-18-14(10)11(8-12)9-17-4-1-13(16)2-5-17/h7-8,13H,1-6,9,16H2. The predicted octanol–water partition coefficient (Wildman–Crippen LogP) is 2.20. The topological polar surface area (TPSA) is 38.5 Å². The van der Waals surface area contributed by atoms with Gasteiger partial charge in [-0.3, -0.25) is 4.90 Å². The highest BCUT2D eigenvalue weighted by Crippen LogP contribution is 2.33. The van der Waals surface area contributed by atoms with Gasteiger partial charge in [0.1, 0.15) is 5.75 Å². The second-order valence-corrected chi connectivity index (χ2v) is 5.70. The number of hydrogen-bond acceptors (Lipinski definition) is 3. The number of nitrogens with zero attached hydrogens (tertiary/aromatic N) is 1. The average molecular weight is 267 g/mol. The molecule has 0 saturated carbocycles. The molecule has 1 saturated heterocycles. The van der Waals surface area contributed by atoms with Crippen LogP contribution in [-0.4, -0.2) is 30.6 Å². The van der Waals surface area contributed by atoms with Crippen LogP contribution in [-0.2, 0) is 13.0 Å². The second-order valence-electron chi connectivity index (χ2n) is 5.27. The molecule has 4 heteroatoms. The lowest BCUT2D eigenvalue weighted by Crippen LogP contribution is -2.39. The van der Waals surface area contributed by atoms with Crippen LogP contribution in [0.15, 0.2) is 12.1 Å². The summed E-state index contributed by atoms with van der Waals surface area (Å²) in [5.74, 6) is 1.06. The first-order chi connectivity index (χ1) is 8.72. The Bertz CT molecular complexity index is 442. The summed E-state index contributed by atoms with van der Waals surface area (Å²) in [6.45, 7) is 3.86. The lowest BCUT2D eigenvalue weighted by molar-refractivity contribution is 0.203. The van der Waals surface area contributed by atoms with E-state index in [1.165, 1.54) is 11.1 Å². The summed E-state index contributed by atoms with van der Waals surface area (Å²) in [6, 6.07) is 4.45. The molecule has 18 heavy (non-hydrogen) atoms. The fraction of sp³-hybridized carbons (Fsp3) is 0.571. The van der Waals surface area contributed by atoms with Gasteiger partial charge in [-0.25, -0.2) is 0 Å². The Morgan fingerprint density at radius 3 is 2.89 bits per heavy atom. The van der Waals surface area contributed by atoms with Gasteiger partial charge in [0, 0.05) is 29.6 Å². The van der Waals surface area contributed by atoms with Crippen LogP contribution in [0, 0.1) is 0 Å². The zero-order valence-corrected chi connectivity index (χ0v) is 11.2. The van der Waals surface area contributed by atoms with E-state index in [0.29, 0.717) is 6.04 Å². The van der Waals surface area contributed by atoms with Gasteiger partial charge < -0.3 is 10.5 Å². The minimum Gasteiger partial charge on any atom is -0.493 e. The molecule has 0 amide bonds. The van der Waals surface area contributed by atoms with E-state index < -0.39 is 0 Å². The van der Waals surface area contributed by atoms with Gasteiger partial charge >= 0.3 is 0 Å². The molecule has 0 atom stereocenters. The Hall–Kier alpha value is -0.770. The van der Waals surface area contributed by atoms with E-state index in [0.717, 1.165) is 56.3 Å². The number of fused-ring (bicyclic) bond motifs is 1. The second kappa shape index (κ2) is 5.08. The molecule has 2 heterocycles. The van der Waals surface area contributed by atoms with Crippen LogP contribution in [0.5, 0.6) is 5.75 Å². The normalized spacial score (nSPS) is 20.8. The molecule has 2 aliphatic heterocycles. The first-order valence-corrected chi connectivity index (χ1v) is 7.02. The molecule has 1 fully saturated rings. The highest BCUT2D eigenvalue weighted by atomic mass is 35.5. The zero-order valence-electron chi connectivity index (χ0n) is 10.5. The summed E-state index contributed by atoms with van der Waals surface area (Å²) in [6.07, 6.45) is 3.15. The molecule has 0 spiro atoms. The number of ether oxygens (including phenoxy) is 1. The van der Waals surface area contributed by atoms with E-state index in [1.807, 2.05) is 12.1 Å². The Morgan fingerprint density at radius 1 is 1.33 bits per heavy atom. The van der Waals surface area contributed by atoms with E-state index in [1.54, 1.807) is 0 Å². The zero-order chi connectivity index (χ0) is 12.5. The highest BCUT2D eigenvalue weighted by molar-refractivity contribution is 6.30. The molecular formula is C14H19ClN2O. The number of halogens is 1. The van der Waals surface area contributed by atoms with Crippen LogP contribution in [0.4, 0.5) is 0 Å². The van der Waals surface area contributed by atoms with Crippen molar-refractivity contribution in [2.75, 3.05) is 19.7 Å². The molecule has 0 unspecified atom stereocenters. The molecule has 2 aliphatic rings. The average Bonchev–Trinajstić information content (AvgIpc) is 2.80. The molecule has 98 valence electrons. The van der Waals surface area contributed by atoms with Gasteiger partial charge in [0.15, 0.2) is 0 Å². The van der Waals surface area contributed by atoms with E-state index in [2.05, 4.69) is 4.90 Å². The summed E-state index contributed by atoms with van der Waals surface area (Å²) in [7, 11) is 0. The fourth-order valence-electron chi connectivity index (χ4n) is 2.82. The molecule has 1 aromatic rings. The highest BCUT2D eigenvalue weighted by Gasteiger charge is 2.21. The van der Waals surface area contributed by atoms with Crippen molar-refractivity contribution in [1.29, 1.82) is 0 Å². The third-order valence-electron chi connectivity index (χ3n) is 3.85. The van der Waals surface area contributed by atoms with Crippen LogP contribution in [0.1, 0.15) is 24.0 Å². The molecule has 0 aliphatic carbocycles. The molecule has 2 N–H and O–H groups in total. The van der Waals surface area contributed by atoms with Gasteiger partial charge in [-0.1, -0.05) is 11.6 Å². The Balaban J connectivity index is 1.76. The predicted molar refractivity (Wildman–Crippen MR) is 73.1 cm³/mol. The minimum atomic E-state index is 0.377. The van der Waals surface area contributed by atoms with Gasteiger partial charge in [0.25, 0.3) is 0 Å². The molecular weight excluding hydrogens is 248 g/mol. The van der Waals surface area contributed by atoms with Crippen molar-refractivity contribution < 1.29 is 4.74 Å². The quantitative estimate of drug-likeness (QED) is 0.892. The fourth-order valence-corrected chi connectivity index (χ4v) is 3.08.